The van der Waals surface area contributed by atoms with E-state index in [1.165, 1.54) is 4.90 Å². The monoisotopic (exact) mass is 288 g/mol. The Labute approximate surface area is 116 Å². The summed E-state index contributed by atoms with van der Waals surface area (Å²) in [7, 11) is 1.55. The van der Waals surface area contributed by atoms with E-state index in [0.29, 0.717) is 13.2 Å². The van der Waals surface area contributed by atoms with Crippen LogP contribution in [0, 0.1) is 5.92 Å². The summed E-state index contributed by atoms with van der Waals surface area (Å²) in [4.78, 5) is 34.6. The largest absolute Gasteiger partial charge is 0.481 e. The van der Waals surface area contributed by atoms with Crippen LogP contribution in [0.15, 0.2) is 0 Å². The molecule has 1 aliphatic rings. The zero-order valence-corrected chi connectivity index (χ0v) is 11.4. The maximum absolute atomic E-state index is 11.8. The molecule has 1 rings (SSSR count). The number of ether oxygens (including phenoxy) is 1. The van der Waals surface area contributed by atoms with Crippen LogP contribution in [0.25, 0.3) is 0 Å². The van der Waals surface area contributed by atoms with Crippen LogP contribution in [-0.4, -0.2) is 65.9 Å². The SMILES string of the molecule is CN(CC1CCCOC1)C(=O)N[C@@H](CC(=O)O)C(=O)O. The first-order valence-electron chi connectivity index (χ1n) is 6.44. The van der Waals surface area contributed by atoms with Crippen LogP contribution in [0.2, 0.25) is 0 Å². The fourth-order valence-electron chi connectivity index (χ4n) is 2.06. The number of rotatable bonds is 6. The predicted molar refractivity (Wildman–Crippen MR) is 68.4 cm³/mol. The summed E-state index contributed by atoms with van der Waals surface area (Å²) in [5.74, 6) is -2.42. The third-order valence-electron chi connectivity index (χ3n) is 3.11. The molecule has 114 valence electrons. The number of carboxylic acid groups (broad SMARTS) is 2. The molecule has 0 aromatic carbocycles. The van der Waals surface area contributed by atoms with E-state index in [0.717, 1.165) is 19.4 Å². The molecule has 3 N–H and O–H groups in total. The molecule has 0 aliphatic carbocycles. The predicted octanol–water partition coefficient (Wildman–Crippen LogP) is -0.0177. The molecule has 1 unspecified atom stereocenters. The van der Waals surface area contributed by atoms with Gasteiger partial charge >= 0.3 is 18.0 Å². The van der Waals surface area contributed by atoms with Gasteiger partial charge in [-0.3, -0.25) is 4.79 Å². The van der Waals surface area contributed by atoms with E-state index in [9.17, 15) is 14.4 Å². The minimum atomic E-state index is -1.43. The molecule has 1 fully saturated rings. The van der Waals surface area contributed by atoms with Crippen LogP contribution < -0.4 is 5.32 Å². The van der Waals surface area contributed by atoms with Crippen molar-refractivity contribution < 1.29 is 29.3 Å². The van der Waals surface area contributed by atoms with E-state index in [1.54, 1.807) is 7.05 Å². The molecule has 1 saturated heterocycles. The second kappa shape index (κ2) is 7.68. The normalized spacial score (nSPS) is 19.9. The van der Waals surface area contributed by atoms with Gasteiger partial charge in [-0.15, -0.1) is 0 Å². The molecule has 0 bridgehead atoms. The quantitative estimate of drug-likeness (QED) is 0.632. The minimum Gasteiger partial charge on any atom is -0.481 e. The molecule has 0 saturated carbocycles. The molecule has 8 nitrogen and oxygen atoms in total. The maximum Gasteiger partial charge on any atom is 0.326 e. The van der Waals surface area contributed by atoms with E-state index in [4.69, 9.17) is 14.9 Å². The Morgan fingerprint density at radius 3 is 2.60 bits per heavy atom. The first-order valence-corrected chi connectivity index (χ1v) is 6.44. The van der Waals surface area contributed by atoms with Gasteiger partial charge in [-0.1, -0.05) is 0 Å². The number of amides is 2. The van der Waals surface area contributed by atoms with E-state index in [1.807, 2.05) is 0 Å². The zero-order valence-electron chi connectivity index (χ0n) is 11.4. The lowest BCUT2D eigenvalue weighted by Gasteiger charge is -2.28. The lowest BCUT2D eigenvalue weighted by Crippen LogP contribution is -2.49. The highest BCUT2D eigenvalue weighted by atomic mass is 16.5. The van der Waals surface area contributed by atoms with E-state index in [2.05, 4.69) is 5.32 Å². The van der Waals surface area contributed by atoms with Gasteiger partial charge in [-0.05, 0) is 12.8 Å². The average molecular weight is 288 g/mol. The molecule has 20 heavy (non-hydrogen) atoms. The summed E-state index contributed by atoms with van der Waals surface area (Å²) in [5, 5.41) is 19.7. The Morgan fingerprint density at radius 1 is 1.40 bits per heavy atom. The second-order valence-electron chi connectivity index (χ2n) is 4.90. The van der Waals surface area contributed by atoms with Gasteiger partial charge in [0, 0.05) is 26.1 Å². The molecule has 8 heteroatoms. The highest BCUT2D eigenvalue weighted by Gasteiger charge is 2.25. The number of nitrogens with one attached hydrogen (secondary N) is 1. The van der Waals surface area contributed by atoms with Crippen molar-refractivity contribution in [2.24, 2.45) is 5.92 Å². The highest BCUT2D eigenvalue weighted by molar-refractivity contribution is 5.86. The number of carbonyl (C=O) groups excluding carboxylic acids is 1. The molecule has 0 spiro atoms. The van der Waals surface area contributed by atoms with E-state index < -0.39 is 30.4 Å². The molecular weight excluding hydrogens is 268 g/mol. The molecule has 0 aromatic rings. The lowest BCUT2D eigenvalue weighted by atomic mass is 10.0. The third-order valence-corrected chi connectivity index (χ3v) is 3.11. The Bertz CT molecular complexity index is 367. The average Bonchev–Trinajstić information content (AvgIpc) is 2.38. The van der Waals surface area contributed by atoms with Crippen LogP contribution >= 0.6 is 0 Å². The van der Waals surface area contributed by atoms with Crippen LogP contribution in [0.5, 0.6) is 0 Å². The Morgan fingerprint density at radius 2 is 2.10 bits per heavy atom. The van der Waals surface area contributed by atoms with Gasteiger partial charge in [0.2, 0.25) is 0 Å². The summed E-state index contributed by atoms with van der Waals surface area (Å²) in [6.07, 6.45) is 1.24. The van der Waals surface area contributed by atoms with Crippen LogP contribution in [0.4, 0.5) is 4.79 Å². The molecule has 1 heterocycles. The molecule has 0 aromatic heterocycles. The maximum atomic E-state index is 11.8. The van der Waals surface area contributed by atoms with Crippen molar-refractivity contribution in [2.45, 2.75) is 25.3 Å². The van der Waals surface area contributed by atoms with Crippen molar-refractivity contribution in [1.82, 2.24) is 10.2 Å². The van der Waals surface area contributed by atoms with Gasteiger partial charge in [-0.2, -0.15) is 0 Å². The molecule has 1 aliphatic heterocycles. The first-order chi connectivity index (χ1) is 9.40. The van der Waals surface area contributed by atoms with Crippen molar-refractivity contribution in [3.8, 4) is 0 Å². The summed E-state index contributed by atoms with van der Waals surface area (Å²) in [5.41, 5.74) is 0. The number of carbonyl (C=O) groups is 3. The minimum absolute atomic E-state index is 0.224. The number of hydrogen-bond acceptors (Lipinski definition) is 4. The third kappa shape index (κ3) is 5.43. The Balaban J connectivity index is 2.45. The van der Waals surface area contributed by atoms with E-state index >= 15 is 0 Å². The standard InChI is InChI=1S/C12H20N2O6/c1-14(6-8-3-2-4-20-7-8)12(19)13-9(11(17)18)5-10(15)16/h8-9H,2-7H2,1H3,(H,13,19)(H,15,16)(H,17,18)/t8?,9-/m0/s1. The number of hydrogen-bond donors (Lipinski definition) is 3. The van der Waals surface area contributed by atoms with Gasteiger partial charge in [0.25, 0.3) is 0 Å². The summed E-state index contributed by atoms with van der Waals surface area (Å²) in [6, 6.07) is -2.02. The smallest absolute Gasteiger partial charge is 0.326 e. The van der Waals surface area contributed by atoms with Crippen molar-refractivity contribution in [3.63, 3.8) is 0 Å². The molecule has 2 amide bonds. The number of nitrogens with zero attached hydrogens (tertiary/aromatic N) is 1. The number of aliphatic carboxylic acids is 2. The number of carboxylic acids is 2. The van der Waals surface area contributed by atoms with Crippen LogP contribution in [0.1, 0.15) is 19.3 Å². The molecular formula is C12H20N2O6. The fourth-order valence-corrected chi connectivity index (χ4v) is 2.06. The van der Waals surface area contributed by atoms with Crippen molar-refractivity contribution in [3.05, 3.63) is 0 Å². The van der Waals surface area contributed by atoms with Crippen LogP contribution in [-0.2, 0) is 14.3 Å². The first kappa shape index (κ1) is 16.2. The summed E-state index contributed by atoms with van der Waals surface area (Å²) >= 11 is 0. The van der Waals surface area contributed by atoms with E-state index in [-0.39, 0.29) is 5.92 Å². The summed E-state index contributed by atoms with van der Waals surface area (Å²) < 4.78 is 5.30. The highest BCUT2D eigenvalue weighted by Crippen LogP contribution is 2.14. The van der Waals surface area contributed by atoms with Crippen molar-refractivity contribution in [2.75, 3.05) is 26.8 Å². The Kier molecular flexibility index (Phi) is 6.23. The Hall–Kier alpha value is -1.83. The number of urea groups is 1. The van der Waals surface area contributed by atoms with Crippen molar-refractivity contribution >= 4 is 18.0 Å². The van der Waals surface area contributed by atoms with Gasteiger partial charge in [0.15, 0.2) is 0 Å². The van der Waals surface area contributed by atoms with Gasteiger partial charge < -0.3 is 25.2 Å². The second-order valence-corrected chi connectivity index (χ2v) is 4.90. The zero-order chi connectivity index (χ0) is 15.1. The van der Waals surface area contributed by atoms with Gasteiger partial charge in [-0.25, -0.2) is 9.59 Å². The molecule has 2 atom stereocenters. The van der Waals surface area contributed by atoms with Gasteiger partial charge in [0.05, 0.1) is 13.0 Å². The van der Waals surface area contributed by atoms with Gasteiger partial charge in [0.1, 0.15) is 6.04 Å². The van der Waals surface area contributed by atoms with Crippen LogP contribution in [0.3, 0.4) is 0 Å². The summed E-state index contributed by atoms with van der Waals surface area (Å²) in [6.45, 7) is 1.76. The molecule has 0 radical (unpaired) electrons. The topological polar surface area (TPSA) is 116 Å². The fraction of sp³-hybridized carbons (Fsp3) is 0.750. The lowest BCUT2D eigenvalue weighted by molar-refractivity contribution is -0.145. The van der Waals surface area contributed by atoms with Crippen molar-refractivity contribution in [1.29, 1.82) is 0 Å².